The number of nitrogens with zero attached hydrogens (tertiary/aromatic N) is 2. The topological polar surface area (TPSA) is 49.0 Å². The highest BCUT2D eigenvalue weighted by atomic mass is 19.4. The monoisotopic (exact) mass is 327 g/mol. The van der Waals surface area contributed by atoms with Crippen LogP contribution in [0.5, 0.6) is 0 Å². The minimum absolute atomic E-state index is 0.0197. The molecule has 7 heteroatoms. The lowest BCUT2D eigenvalue weighted by Gasteiger charge is -2.35. The first kappa shape index (κ1) is 16.1. The Kier molecular flexibility index (Phi) is 4.46. The molecule has 1 aliphatic carbocycles. The highest BCUT2D eigenvalue weighted by Gasteiger charge is 2.36. The number of nitrogens with one attached hydrogen (secondary N) is 1. The normalized spacial score (nSPS) is 25.6. The molecule has 126 valence electrons. The molecule has 1 aromatic rings. The van der Waals surface area contributed by atoms with Crippen LogP contribution in [0.4, 0.5) is 13.2 Å². The van der Waals surface area contributed by atoms with E-state index in [0.29, 0.717) is 18.8 Å². The number of piperidine rings is 1. The van der Waals surface area contributed by atoms with Gasteiger partial charge in [0.1, 0.15) is 0 Å². The second kappa shape index (κ2) is 6.37. The Bertz CT molecular complexity index is 594. The zero-order valence-electron chi connectivity index (χ0n) is 12.8. The summed E-state index contributed by atoms with van der Waals surface area (Å²) in [6.45, 7) is 1.16. The fraction of sp³-hybridized carbons (Fsp3) is 0.625. The Balaban J connectivity index is 1.67. The number of carbonyl (C=O) groups is 1. The molecule has 1 aliphatic heterocycles. The van der Waals surface area contributed by atoms with Crippen LogP contribution in [0.1, 0.15) is 49.4 Å². The van der Waals surface area contributed by atoms with Crippen LogP contribution < -0.4 is 0 Å². The number of H-pyrrole nitrogens is 1. The second-order valence-electron chi connectivity index (χ2n) is 6.31. The van der Waals surface area contributed by atoms with Crippen molar-refractivity contribution in [3.05, 3.63) is 29.6 Å². The van der Waals surface area contributed by atoms with Crippen LogP contribution in [0.25, 0.3) is 0 Å². The van der Waals surface area contributed by atoms with Gasteiger partial charge in [0.2, 0.25) is 5.91 Å². The standard InChI is InChI=1S/C16H20F3N3O/c17-16(18,19)14-9-13(20-21-14)12-7-4-8-22(10-12)15(23)11-5-2-1-3-6-11/h1-2,9,11-12H,3-8,10H2,(H,20,21)/t11-,12-/m1/s1. The third kappa shape index (κ3) is 3.59. The molecule has 2 atom stereocenters. The van der Waals surface area contributed by atoms with Crippen molar-refractivity contribution in [3.63, 3.8) is 0 Å². The fourth-order valence-electron chi connectivity index (χ4n) is 3.40. The van der Waals surface area contributed by atoms with E-state index >= 15 is 0 Å². The first-order valence-corrected chi connectivity index (χ1v) is 8.01. The molecular weight excluding hydrogens is 307 g/mol. The number of halogens is 3. The number of alkyl halides is 3. The van der Waals surface area contributed by atoms with Gasteiger partial charge in [-0.3, -0.25) is 9.89 Å². The average molecular weight is 327 g/mol. The molecule has 1 N–H and O–H groups in total. The van der Waals surface area contributed by atoms with Gasteiger partial charge in [-0.25, -0.2) is 0 Å². The van der Waals surface area contributed by atoms with E-state index in [9.17, 15) is 18.0 Å². The van der Waals surface area contributed by atoms with Gasteiger partial charge in [0.25, 0.3) is 0 Å². The van der Waals surface area contributed by atoms with Gasteiger partial charge in [0.05, 0.1) is 0 Å². The van der Waals surface area contributed by atoms with E-state index < -0.39 is 11.9 Å². The van der Waals surface area contributed by atoms with Crippen LogP contribution in [0.2, 0.25) is 0 Å². The molecule has 0 aromatic carbocycles. The average Bonchev–Trinajstić information content (AvgIpc) is 3.05. The Morgan fingerprint density at radius 1 is 1.30 bits per heavy atom. The number of rotatable bonds is 2. The first-order chi connectivity index (χ1) is 10.9. The minimum atomic E-state index is -4.44. The van der Waals surface area contributed by atoms with Gasteiger partial charge in [-0.15, -0.1) is 0 Å². The van der Waals surface area contributed by atoms with Gasteiger partial charge in [0, 0.05) is 30.6 Å². The van der Waals surface area contributed by atoms with E-state index in [1.165, 1.54) is 0 Å². The number of allylic oxidation sites excluding steroid dienone is 2. The molecule has 0 spiro atoms. The van der Waals surface area contributed by atoms with Crippen molar-refractivity contribution in [1.82, 2.24) is 15.1 Å². The quantitative estimate of drug-likeness (QED) is 0.845. The highest BCUT2D eigenvalue weighted by Crippen LogP contribution is 2.33. The summed E-state index contributed by atoms with van der Waals surface area (Å²) >= 11 is 0. The van der Waals surface area contributed by atoms with E-state index in [0.717, 1.165) is 38.2 Å². The molecule has 1 amide bonds. The van der Waals surface area contributed by atoms with Crippen LogP contribution >= 0.6 is 0 Å². The lowest BCUT2D eigenvalue weighted by atomic mass is 9.90. The van der Waals surface area contributed by atoms with Gasteiger partial charge in [-0.2, -0.15) is 18.3 Å². The number of amides is 1. The molecular formula is C16H20F3N3O. The number of aromatic nitrogens is 2. The maximum atomic E-state index is 12.7. The first-order valence-electron chi connectivity index (χ1n) is 8.01. The van der Waals surface area contributed by atoms with E-state index in [-0.39, 0.29) is 17.7 Å². The summed E-state index contributed by atoms with van der Waals surface area (Å²) in [4.78, 5) is 14.4. The van der Waals surface area contributed by atoms with E-state index in [2.05, 4.69) is 16.3 Å². The Morgan fingerprint density at radius 2 is 2.13 bits per heavy atom. The Labute approximate surface area is 132 Å². The maximum absolute atomic E-state index is 12.7. The van der Waals surface area contributed by atoms with Crippen molar-refractivity contribution in [1.29, 1.82) is 0 Å². The highest BCUT2D eigenvalue weighted by molar-refractivity contribution is 5.79. The third-order valence-electron chi connectivity index (χ3n) is 4.68. The fourth-order valence-corrected chi connectivity index (χ4v) is 3.40. The summed E-state index contributed by atoms with van der Waals surface area (Å²) in [5, 5.41) is 5.86. The molecule has 2 aliphatic rings. The zero-order chi connectivity index (χ0) is 16.4. The Morgan fingerprint density at radius 3 is 2.78 bits per heavy atom. The number of hydrogen-bond donors (Lipinski definition) is 1. The van der Waals surface area contributed by atoms with E-state index in [1.54, 1.807) is 0 Å². The lowest BCUT2D eigenvalue weighted by molar-refractivity contribution is -0.141. The van der Waals surface area contributed by atoms with Gasteiger partial charge in [-0.05, 0) is 38.2 Å². The predicted molar refractivity (Wildman–Crippen MR) is 78.6 cm³/mol. The summed E-state index contributed by atoms with van der Waals surface area (Å²) in [6, 6.07) is 1.07. The van der Waals surface area contributed by atoms with Crippen molar-refractivity contribution in [3.8, 4) is 0 Å². The van der Waals surface area contributed by atoms with E-state index in [4.69, 9.17) is 0 Å². The van der Waals surface area contributed by atoms with Crippen molar-refractivity contribution >= 4 is 5.91 Å². The number of carbonyl (C=O) groups excluding carboxylic acids is 1. The van der Waals surface area contributed by atoms with Crippen LogP contribution in [0.15, 0.2) is 18.2 Å². The van der Waals surface area contributed by atoms with Crippen LogP contribution in [-0.2, 0) is 11.0 Å². The zero-order valence-corrected chi connectivity index (χ0v) is 12.8. The predicted octanol–water partition coefficient (Wildman–Crippen LogP) is 3.49. The smallest absolute Gasteiger partial charge is 0.342 e. The van der Waals surface area contributed by atoms with Crippen molar-refractivity contribution < 1.29 is 18.0 Å². The van der Waals surface area contributed by atoms with Crippen molar-refractivity contribution in [2.75, 3.05) is 13.1 Å². The molecule has 0 saturated carbocycles. The largest absolute Gasteiger partial charge is 0.435 e. The summed E-state index contributed by atoms with van der Waals surface area (Å²) in [5.41, 5.74) is -0.424. The Hall–Kier alpha value is -1.79. The van der Waals surface area contributed by atoms with E-state index in [1.807, 2.05) is 11.0 Å². The summed E-state index contributed by atoms with van der Waals surface area (Å²) in [5.74, 6) is 0.0521. The van der Waals surface area contributed by atoms with Crippen molar-refractivity contribution in [2.45, 2.75) is 44.2 Å². The molecule has 1 aromatic heterocycles. The summed E-state index contributed by atoms with van der Waals surface area (Å²) in [7, 11) is 0. The number of likely N-dealkylation sites (tertiary alicyclic amines) is 1. The third-order valence-corrected chi connectivity index (χ3v) is 4.68. The number of aromatic amines is 1. The van der Waals surface area contributed by atoms with Gasteiger partial charge < -0.3 is 4.90 Å². The molecule has 1 fully saturated rings. The SMILES string of the molecule is O=C([C@@H]1CC=CCC1)N1CCC[C@@H](c2cc(C(F)(F)F)n[nH]2)C1. The molecule has 0 radical (unpaired) electrons. The van der Waals surface area contributed by atoms with Crippen LogP contribution in [-0.4, -0.2) is 34.1 Å². The van der Waals surface area contributed by atoms with Crippen LogP contribution in [0.3, 0.4) is 0 Å². The van der Waals surface area contributed by atoms with Crippen LogP contribution in [0, 0.1) is 5.92 Å². The number of hydrogen-bond acceptors (Lipinski definition) is 2. The molecule has 2 heterocycles. The molecule has 0 bridgehead atoms. The van der Waals surface area contributed by atoms with Gasteiger partial charge in [-0.1, -0.05) is 12.2 Å². The molecule has 4 nitrogen and oxygen atoms in total. The maximum Gasteiger partial charge on any atom is 0.435 e. The van der Waals surface area contributed by atoms with Crippen molar-refractivity contribution in [2.24, 2.45) is 5.92 Å². The molecule has 3 rings (SSSR count). The van der Waals surface area contributed by atoms with Gasteiger partial charge >= 0.3 is 6.18 Å². The molecule has 0 unspecified atom stereocenters. The van der Waals surface area contributed by atoms with Gasteiger partial charge in [0.15, 0.2) is 5.69 Å². The molecule has 1 saturated heterocycles. The summed E-state index contributed by atoms with van der Waals surface area (Å²) < 4.78 is 38.0. The minimum Gasteiger partial charge on any atom is -0.342 e. The summed E-state index contributed by atoms with van der Waals surface area (Å²) in [6.07, 6.45) is 3.81. The molecule has 23 heavy (non-hydrogen) atoms. The second-order valence-corrected chi connectivity index (χ2v) is 6.31. The lowest BCUT2D eigenvalue weighted by Crippen LogP contribution is -2.42.